The van der Waals surface area contributed by atoms with Crippen LogP contribution in [0.25, 0.3) is 10.9 Å². The Morgan fingerprint density at radius 1 is 1.30 bits per heavy atom. The molecular weight excluding hydrogens is 307 g/mol. The van der Waals surface area contributed by atoms with Gasteiger partial charge in [0.25, 0.3) is 0 Å². The Morgan fingerprint density at radius 2 is 2.05 bits per heavy atom. The minimum Gasteiger partial charge on any atom is -0.491 e. The lowest BCUT2D eigenvalue weighted by Gasteiger charge is -2.10. The van der Waals surface area contributed by atoms with Crippen molar-refractivity contribution in [3.8, 4) is 5.75 Å². The summed E-state index contributed by atoms with van der Waals surface area (Å²) < 4.78 is 40.5. The van der Waals surface area contributed by atoms with Gasteiger partial charge in [-0.25, -0.2) is 18.5 Å². The first-order chi connectivity index (χ1) is 9.43. The molecular formula is C12H12ClFN2O3S. The van der Waals surface area contributed by atoms with Gasteiger partial charge in [-0.2, -0.15) is 0 Å². The number of pyridine rings is 1. The van der Waals surface area contributed by atoms with Crippen molar-refractivity contribution in [2.75, 3.05) is 13.3 Å². The second-order valence-corrected chi connectivity index (χ2v) is 5.95. The number of sulfonamides is 1. The Bertz CT molecular complexity index is 737. The van der Waals surface area contributed by atoms with E-state index in [4.69, 9.17) is 21.5 Å². The maximum atomic E-state index is 12.1. The first kappa shape index (κ1) is 15.0. The number of nitrogens with zero attached hydrogens (tertiary/aromatic N) is 1. The number of hydrogen-bond acceptors (Lipinski definition) is 4. The van der Waals surface area contributed by atoms with Crippen LogP contribution in [0.1, 0.15) is 6.42 Å². The Morgan fingerprint density at radius 3 is 2.70 bits per heavy atom. The van der Waals surface area contributed by atoms with Crippen molar-refractivity contribution >= 4 is 32.5 Å². The zero-order chi connectivity index (χ0) is 14.8. The predicted molar refractivity (Wildman–Crippen MR) is 74.2 cm³/mol. The first-order valence-electron chi connectivity index (χ1n) is 5.74. The van der Waals surface area contributed by atoms with E-state index in [1.54, 1.807) is 0 Å². The number of halogens is 2. The van der Waals surface area contributed by atoms with Crippen LogP contribution in [0.4, 0.5) is 4.39 Å². The molecule has 0 spiro atoms. The number of rotatable bonds is 5. The summed E-state index contributed by atoms with van der Waals surface area (Å²) in [6.07, 6.45) is 0.235. The van der Waals surface area contributed by atoms with Crippen molar-refractivity contribution in [2.45, 2.75) is 11.3 Å². The third kappa shape index (κ3) is 3.17. The molecule has 0 saturated carbocycles. The van der Waals surface area contributed by atoms with E-state index in [9.17, 15) is 12.8 Å². The molecule has 0 aliphatic carbocycles. The van der Waals surface area contributed by atoms with Crippen LogP contribution < -0.4 is 9.88 Å². The highest BCUT2D eigenvalue weighted by Gasteiger charge is 2.16. The molecule has 0 atom stereocenters. The lowest BCUT2D eigenvalue weighted by atomic mass is 10.2. The molecule has 0 radical (unpaired) electrons. The number of ether oxygens (including phenoxy) is 1. The highest BCUT2D eigenvalue weighted by molar-refractivity contribution is 7.89. The van der Waals surface area contributed by atoms with Crippen LogP contribution in [0.15, 0.2) is 29.2 Å². The van der Waals surface area contributed by atoms with Crippen LogP contribution >= 0.6 is 11.6 Å². The van der Waals surface area contributed by atoms with Gasteiger partial charge in [0.2, 0.25) is 10.0 Å². The zero-order valence-electron chi connectivity index (χ0n) is 10.3. The van der Waals surface area contributed by atoms with Gasteiger partial charge in [-0.05, 0) is 24.3 Å². The normalized spacial score (nSPS) is 11.8. The molecule has 1 aromatic heterocycles. The van der Waals surface area contributed by atoms with E-state index >= 15 is 0 Å². The summed E-state index contributed by atoms with van der Waals surface area (Å²) in [5.41, 5.74) is 0.280. The Labute approximate surface area is 120 Å². The summed E-state index contributed by atoms with van der Waals surface area (Å²) in [4.78, 5) is 3.99. The van der Waals surface area contributed by atoms with Crippen LogP contribution in [0, 0.1) is 0 Å². The predicted octanol–water partition coefficient (Wildman–Crippen LogP) is 2.27. The Balaban J connectivity index is 2.59. The van der Waals surface area contributed by atoms with Crippen molar-refractivity contribution in [1.82, 2.24) is 4.98 Å². The molecule has 0 unspecified atom stereocenters. The van der Waals surface area contributed by atoms with Crippen molar-refractivity contribution in [1.29, 1.82) is 0 Å². The topological polar surface area (TPSA) is 82.3 Å². The molecule has 0 bridgehead atoms. The fraction of sp³-hybridized carbons (Fsp3) is 0.250. The highest BCUT2D eigenvalue weighted by Crippen LogP contribution is 2.30. The lowest BCUT2D eigenvalue weighted by Crippen LogP contribution is -2.13. The van der Waals surface area contributed by atoms with Gasteiger partial charge < -0.3 is 4.74 Å². The average molecular weight is 319 g/mol. The molecule has 0 aliphatic heterocycles. The molecule has 2 aromatic rings. The van der Waals surface area contributed by atoms with Crippen LogP contribution in [-0.2, 0) is 10.0 Å². The molecule has 5 nitrogen and oxygen atoms in total. The molecule has 2 rings (SSSR count). The Kier molecular flexibility index (Phi) is 4.42. The second kappa shape index (κ2) is 5.90. The highest BCUT2D eigenvalue weighted by atomic mass is 35.5. The van der Waals surface area contributed by atoms with Gasteiger partial charge in [0.05, 0.1) is 18.2 Å². The van der Waals surface area contributed by atoms with E-state index in [1.165, 1.54) is 24.3 Å². The molecule has 20 heavy (non-hydrogen) atoms. The van der Waals surface area contributed by atoms with E-state index in [-0.39, 0.29) is 28.6 Å². The molecule has 0 aliphatic rings. The number of fused-ring (bicyclic) bond motifs is 1. The van der Waals surface area contributed by atoms with Crippen molar-refractivity contribution in [3.05, 3.63) is 29.4 Å². The van der Waals surface area contributed by atoms with Crippen molar-refractivity contribution in [3.63, 3.8) is 0 Å². The van der Waals surface area contributed by atoms with E-state index in [0.717, 1.165) is 0 Å². The van der Waals surface area contributed by atoms with Crippen molar-refractivity contribution in [2.24, 2.45) is 5.14 Å². The molecule has 0 amide bonds. The van der Waals surface area contributed by atoms with Crippen LogP contribution in [0.3, 0.4) is 0 Å². The van der Waals surface area contributed by atoms with E-state index in [0.29, 0.717) is 11.1 Å². The number of aromatic nitrogens is 1. The zero-order valence-corrected chi connectivity index (χ0v) is 11.9. The van der Waals surface area contributed by atoms with Gasteiger partial charge in [-0.15, -0.1) is 0 Å². The third-order valence-electron chi connectivity index (χ3n) is 2.59. The van der Waals surface area contributed by atoms with E-state index in [1.807, 2.05) is 0 Å². The second-order valence-electron chi connectivity index (χ2n) is 4.03. The van der Waals surface area contributed by atoms with Crippen LogP contribution in [0.5, 0.6) is 5.75 Å². The largest absolute Gasteiger partial charge is 0.491 e. The quantitative estimate of drug-likeness (QED) is 0.677. The minimum absolute atomic E-state index is 0.0606. The number of nitrogens with two attached hydrogens (primary N) is 1. The summed E-state index contributed by atoms with van der Waals surface area (Å²) in [5.74, 6) is 0.336. The molecule has 0 fully saturated rings. The number of primary sulfonamides is 1. The standard InChI is InChI=1S/C12H12ClFN2O3S/c13-11-5-2-8-10(20(15,17)18)4-3-9(12(8)16-11)19-7-1-6-14/h2-5H,1,6-7H2,(H2,15,17,18). The summed E-state index contributed by atoms with van der Waals surface area (Å²) >= 11 is 5.81. The fourth-order valence-electron chi connectivity index (χ4n) is 1.74. The van der Waals surface area contributed by atoms with Gasteiger partial charge in [-0.1, -0.05) is 11.6 Å². The van der Waals surface area contributed by atoms with Gasteiger partial charge in [0, 0.05) is 11.8 Å². The lowest BCUT2D eigenvalue weighted by molar-refractivity contribution is 0.292. The monoisotopic (exact) mass is 318 g/mol. The average Bonchev–Trinajstić information content (AvgIpc) is 2.37. The van der Waals surface area contributed by atoms with E-state index < -0.39 is 16.7 Å². The number of benzene rings is 1. The summed E-state index contributed by atoms with van der Waals surface area (Å²) in [7, 11) is -3.88. The fourth-order valence-corrected chi connectivity index (χ4v) is 2.62. The maximum Gasteiger partial charge on any atom is 0.238 e. The molecule has 2 N–H and O–H groups in total. The summed E-state index contributed by atoms with van der Waals surface area (Å²) in [5, 5.41) is 5.66. The van der Waals surface area contributed by atoms with Gasteiger partial charge in [0.1, 0.15) is 16.4 Å². The number of hydrogen-bond donors (Lipinski definition) is 1. The molecule has 0 saturated heterocycles. The van der Waals surface area contributed by atoms with Crippen molar-refractivity contribution < 1.29 is 17.5 Å². The maximum absolute atomic E-state index is 12.1. The molecule has 1 heterocycles. The number of alkyl halides is 1. The molecule has 1 aromatic carbocycles. The van der Waals surface area contributed by atoms with Crippen LogP contribution in [-0.4, -0.2) is 26.7 Å². The first-order valence-corrected chi connectivity index (χ1v) is 7.67. The summed E-state index contributed by atoms with van der Waals surface area (Å²) in [6, 6.07) is 5.73. The smallest absolute Gasteiger partial charge is 0.238 e. The van der Waals surface area contributed by atoms with Gasteiger partial charge in [-0.3, -0.25) is 4.39 Å². The molecule has 108 valence electrons. The SMILES string of the molecule is NS(=O)(=O)c1ccc(OCCCF)c2nc(Cl)ccc12. The molecule has 8 heteroatoms. The van der Waals surface area contributed by atoms with Gasteiger partial charge >= 0.3 is 0 Å². The van der Waals surface area contributed by atoms with Crippen LogP contribution in [0.2, 0.25) is 5.15 Å². The minimum atomic E-state index is -3.88. The Hall–Kier alpha value is -1.44. The van der Waals surface area contributed by atoms with Gasteiger partial charge in [0.15, 0.2) is 0 Å². The van der Waals surface area contributed by atoms with E-state index in [2.05, 4.69) is 4.98 Å². The summed E-state index contributed by atoms with van der Waals surface area (Å²) in [6.45, 7) is -0.337. The third-order valence-corrected chi connectivity index (χ3v) is 3.77.